The Bertz CT molecular complexity index is 2150. The van der Waals surface area contributed by atoms with Gasteiger partial charge in [-0.1, -0.05) is 102 Å². The van der Waals surface area contributed by atoms with E-state index >= 15 is 0 Å². The number of H-pyrrole nitrogens is 1. The number of hydrogen-bond donors (Lipinski definition) is 4. The molecule has 1 fully saturated rings. The highest BCUT2D eigenvalue weighted by Gasteiger charge is 2.45. The number of hydrogen-bond acceptors (Lipinski definition) is 16. The van der Waals surface area contributed by atoms with E-state index in [0.717, 1.165) is 68.8 Å². The highest BCUT2D eigenvalue weighted by molar-refractivity contribution is 7.67. The number of esters is 2. The number of phosphoric ester groups is 2. The van der Waals surface area contributed by atoms with E-state index in [1.807, 2.05) is 0 Å². The minimum Gasteiger partial charge on any atom is -0.427 e. The fourth-order valence-electron chi connectivity index (χ4n) is 6.46. The zero-order chi connectivity index (χ0) is 47.5. The van der Waals surface area contributed by atoms with Crippen LogP contribution in [-0.2, 0) is 63.4 Å². The molecule has 4 rings (SSSR count). The first-order chi connectivity index (χ1) is 30.9. The summed E-state index contributed by atoms with van der Waals surface area (Å²) in [6.07, 6.45) is 9.69. The van der Waals surface area contributed by atoms with Crippen molar-refractivity contribution in [2.24, 2.45) is 0 Å². The van der Waals surface area contributed by atoms with Crippen LogP contribution in [0.5, 0.6) is 11.5 Å². The molecule has 0 spiro atoms. The number of phosphoric acid groups is 3. The Balaban J connectivity index is 1.38. The molecule has 0 radical (unpaired) electrons. The largest absolute Gasteiger partial charge is 0.490 e. The second kappa shape index (κ2) is 26.7. The third kappa shape index (κ3) is 19.6. The summed E-state index contributed by atoms with van der Waals surface area (Å²) in [5, 5.41) is 10.5. The molecule has 23 heteroatoms. The molecule has 2 heterocycles. The summed E-state index contributed by atoms with van der Waals surface area (Å²) in [6, 6.07) is 11.7. The molecule has 65 heavy (non-hydrogen) atoms. The maximum absolute atomic E-state index is 14.0. The molecule has 362 valence electrons. The molecule has 2 unspecified atom stereocenters. The summed E-state index contributed by atoms with van der Waals surface area (Å²) in [4.78, 5) is 71.8. The topological polar surface area (TPSA) is 275 Å². The van der Waals surface area contributed by atoms with Gasteiger partial charge < -0.3 is 29.1 Å². The Morgan fingerprint density at radius 1 is 0.708 bits per heavy atom. The van der Waals surface area contributed by atoms with Crippen LogP contribution in [0.25, 0.3) is 0 Å². The SMILES string of the molecule is CCCCCCCCC(=O)Oc1ccc(COP(=O)(OCc2ccc(OC(=O)CCCCCCCC)cc2)OP(=O)(O)OP(=O)(O)OC[C@H]2O[C@@H](n3cc(C)c(=O)[nH]c3=O)C[C@@H]2O)cc1. The first-order valence-corrected chi connectivity index (χ1v) is 26.2. The number of aliphatic hydroxyl groups excluding tert-OH is 1. The summed E-state index contributed by atoms with van der Waals surface area (Å²) >= 11 is 0. The smallest absolute Gasteiger partial charge is 0.427 e. The number of ether oxygens (including phenoxy) is 3. The maximum Gasteiger partial charge on any atom is 0.490 e. The molecule has 1 aromatic heterocycles. The van der Waals surface area contributed by atoms with Gasteiger partial charge in [-0.15, -0.1) is 0 Å². The van der Waals surface area contributed by atoms with Gasteiger partial charge in [-0.25, -0.2) is 18.5 Å². The monoisotopic (exact) mass is 974 g/mol. The molecule has 0 saturated carbocycles. The molecule has 0 amide bonds. The van der Waals surface area contributed by atoms with Crippen LogP contribution in [0.3, 0.4) is 0 Å². The number of aromatic amines is 1. The lowest BCUT2D eigenvalue weighted by Crippen LogP contribution is -2.33. The predicted molar refractivity (Wildman–Crippen MR) is 236 cm³/mol. The third-order valence-electron chi connectivity index (χ3n) is 10.0. The average Bonchev–Trinajstić information content (AvgIpc) is 3.62. The number of aryl methyl sites for hydroxylation is 1. The Morgan fingerprint density at radius 3 is 1.68 bits per heavy atom. The number of carbonyl (C=O) groups is 2. The third-order valence-corrected chi connectivity index (χ3v) is 14.7. The van der Waals surface area contributed by atoms with Crippen LogP contribution in [0.4, 0.5) is 0 Å². The number of aliphatic hydroxyl groups is 1. The molecule has 0 aliphatic carbocycles. The van der Waals surface area contributed by atoms with E-state index in [0.29, 0.717) is 24.0 Å². The van der Waals surface area contributed by atoms with Gasteiger partial charge in [-0.05, 0) is 55.2 Å². The summed E-state index contributed by atoms with van der Waals surface area (Å²) in [7, 11) is -16.6. The number of rotatable bonds is 30. The van der Waals surface area contributed by atoms with Crippen molar-refractivity contribution in [1.29, 1.82) is 0 Å². The Hall–Kier alpha value is -3.61. The summed E-state index contributed by atoms with van der Waals surface area (Å²) in [5.74, 6) is -0.355. The zero-order valence-corrected chi connectivity index (χ0v) is 39.6. The van der Waals surface area contributed by atoms with Crippen LogP contribution < -0.4 is 20.7 Å². The van der Waals surface area contributed by atoms with E-state index < -0.39 is 84.9 Å². The van der Waals surface area contributed by atoms with Crippen LogP contribution >= 0.6 is 23.5 Å². The van der Waals surface area contributed by atoms with E-state index in [1.165, 1.54) is 61.7 Å². The second-order valence-corrected chi connectivity index (χ2v) is 20.4. The second-order valence-electron chi connectivity index (χ2n) is 15.6. The maximum atomic E-state index is 14.0. The van der Waals surface area contributed by atoms with Gasteiger partial charge >= 0.3 is 41.1 Å². The number of benzene rings is 2. The van der Waals surface area contributed by atoms with E-state index in [4.69, 9.17) is 32.1 Å². The molecular formula is C42H61N2O18P3. The summed E-state index contributed by atoms with van der Waals surface area (Å²) < 4.78 is 82.2. The van der Waals surface area contributed by atoms with Crippen molar-refractivity contribution in [1.82, 2.24) is 9.55 Å². The van der Waals surface area contributed by atoms with Gasteiger partial charge in [0, 0.05) is 31.0 Å². The van der Waals surface area contributed by atoms with Crippen molar-refractivity contribution in [2.75, 3.05) is 6.61 Å². The van der Waals surface area contributed by atoms with Crippen molar-refractivity contribution in [3.8, 4) is 11.5 Å². The van der Waals surface area contributed by atoms with Gasteiger partial charge in [-0.3, -0.25) is 37.5 Å². The van der Waals surface area contributed by atoms with Crippen LogP contribution in [0.1, 0.15) is 133 Å². The standard InChI is InChI=1S/C42H61N2O18P3/c1-4-6-8-10-12-14-16-39(46)58-34-22-18-32(19-23-34)28-56-65(54,57-29-33-20-24-35(25-21-33)59-40(47)17-15-13-11-9-7-5-2)62-64(52,53)61-63(50,51)55-30-37-36(45)26-38(60-37)44-27-31(3)41(48)43-42(44)49/h18-25,27,36-38,45H,4-17,26,28-30H2,1-3H3,(H,50,51)(H,52,53)(H,43,48,49)/t36-,37+,38+/m0/s1. The number of nitrogens with one attached hydrogen (secondary N) is 1. The number of nitrogens with zero attached hydrogens (tertiary/aromatic N) is 1. The minimum absolute atomic E-state index is 0.170. The summed E-state index contributed by atoms with van der Waals surface area (Å²) in [5.41, 5.74) is -0.659. The first kappa shape index (κ1) is 54.0. The minimum atomic E-state index is -5.86. The van der Waals surface area contributed by atoms with Crippen LogP contribution in [0, 0.1) is 6.92 Å². The van der Waals surface area contributed by atoms with Gasteiger partial charge in [0.25, 0.3) is 5.56 Å². The van der Waals surface area contributed by atoms with Gasteiger partial charge in [0.05, 0.1) is 25.9 Å². The number of aromatic nitrogens is 2. The molecule has 1 aliphatic heterocycles. The molecule has 4 N–H and O–H groups in total. The van der Waals surface area contributed by atoms with Gasteiger partial charge in [-0.2, -0.15) is 8.62 Å². The highest BCUT2D eigenvalue weighted by atomic mass is 31.3. The van der Waals surface area contributed by atoms with Crippen molar-refractivity contribution in [3.63, 3.8) is 0 Å². The van der Waals surface area contributed by atoms with Crippen molar-refractivity contribution in [3.05, 3.63) is 92.3 Å². The van der Waals surface area contributed by atoms with E-state index in [2.05, 4.69) is 23.1 Å². The number of unbranched alkanes of at least 4 members (excludes halogenated alkanes) is 10. The van der Waals surface area contributed by atoms with Crippen LogP contribution in [0.2, 0.25) is 0 Å². The molecule has 2 aromatic carbocycles. The average molecular weight is 975 g/mol. The lowest BCUT2D eigenvalue weighted by molar-refractivity contribution is -0.135. The molecular weight excluding hydrogens is 913 g/mol. The normalized spacial score (nSPS) is 18.2. The molecule has 1 aliphatic rings. The van der Waals surface area contributed by atoms with Gasteiger partial charge in [0.15, 0.2) is 0 Å². The van der Waals surface area contributed by atoms with Gasteiger partial charge in [0.1, 0.15) is 23.8 Å². The van der Waals surface area contributed by atoms with E-state index in [9.17, 15) is 47.8 Å². The first-order valence-electron chi connectivity index (χ1n) is 21.8. The molecule has 0 bridgehead atoms. The predicted octanol–water partition coefficient (Wildman–Crippen LogP) is 8.60. The fraction of sp³-hybridized carbons (Fsp3) is 0.571. The zero-order valence-electron chi connectivity index (χ0n) is 36.9. The molecule has 3 aromatic rings. The Kier molecular flexibility index (Phi) is 22.1. The molecule has 1 saturated heterocycles. The highest BCUT2D eigenvalue weighted by Crippen LogP contribution is 2.69. The Morgan fingerprint density at radius 2 is 1.18 bits per heavy atom. The quantitative estimate of drug-likeness (QED) is 0.0211. The lowest BCUT2D eigenvalue weighted by Gasteiger charge is -2.22. The molecule has 5 atom stereocenters. The van der Waals surface area contributed by atoms with E-state index in [1.54, 1.807) is 0 Å². The fourth-order valence-corrected chi connectivity index (χ4v) is 10.5. The van der Waals surface area contributed by atoms with Crippen molar-refractivity contribution in [2.45, 2.75) is 149 Å². The van der Waals surface area contributed by atoms with Crippen molar-refractivity contribution >= 4 is 35.4 Å². The van der Waals surface area contributed by atoms with Crippen molar-refractivity contribution < 1.29 is 74.6 Å². The Labute approximate surface area is 377 Å². The lowest BCUT2D eigenvalue weighted by atomic mass is 10.1. The van der Waals surface area contributed by atoms with Gasteiger partial charge in [0.2, 0.25) is 0 Å². The number of carbonyl (C=O) groups excluding carboxylic acids is 2. The molecule has 20 nitrogen and oxygen atoms in total. The van der Waals surface area contributed by atoms with E-state index in [-0.39, 0.29) is 36.3 Å². The summed E-state index contributed by atoms with van der Waals surface area (Å²) in [6.45, 7) is 3.65. The van der Waals surface area contributed by atoms with Crippen LogP contribution in [0.15, 0.2) is 64.3 Å². The van der Waals surface area contributed by atoms with Crippen LogP contribution in [-0.4, -0.2) is 55.2 Å².